The molecule has 102 valence electrons. The van der Waals surface area contributed by atoms with Crippen molar-refractivity contribution in [2.45, 2.75) is 65.5 Å². The number of aliphatic hydroxyl groups is 1. The molecule has 0 saturated heterocycles. The molecule has 0 radical (unpaired) electrons. The van der Waals surface area contributed by atoms with Crippen LogP contribution in [-0.2, 0) is 0 Å². The highest BCUT2D eigenvalue weighted by Crippen LogP contribution is 2.36. The Morgan fingerprint density at radius 2 is 1.76 bits per heavy atom. The van der Waals surface area contributed by atoms with Crippen LogP contribution in [-0.4, -0.2) is 17.9 Å². The van der Waals surface area contributed by atoms with Crippen molar-refractivity contribution in [1.82, 2.24) is 0 Å². The first-order valence-corrected chi connectivity index (χ1v) is 7.33. The number of rotatable bonds is 6. The molecule has 0 aromatic heterocycles. The lowest BCUT2D eigenvalue weighted by Crippen LogP contribution is -2.28. The zero-order valence-electron chi connectivity index (χ0n) is 11.7. The summed E-state index contributed by atoms with van der Waals surface area (Å²) in [6, 6.07) is 0. The molecule has 0 spiro atoms. The summed E-state index contributed by atoms with van der Waals surface area (Å²) < 4.78 is 14.1. The zero-order chi connectivity index (χ0) is 12.8. The third kappa shape index (κ3) is 4.57. The topological polar surface area (TPSA) is 20.2 Å². The maximum atomic E-state index is 14.1. The average molecular weight is 244 g/mol. The summed E-state index contributed by atoms with van der Waals surface area (Å²) >= 11 is 0. The summed E-state index contributed by atoms with van der Waals surface area (Å²) in [7, 11) is 0. The van der Waals surface area contributed by atoms with E-state index >= 15 is 0 Å². The van der Waals surface area contributed by atoms with Crippen LogP contribution in [0.1, 0.15) is 59.3 Å². The molecule has 0 aromatic rings. The number of aliphatic hydroxyl groups excluding tert-OH is 1. The molecular formula is C15H29FO. The van der Waals surface area contributed by atoms with E-state index in [0.29, 0.717) is 24.4 Å². The first-order valence-electron chi connectivity index (χ1n) is 7.33. The van der Waals surface area contributed by atoms with Crippen LogP contribution in [0.4, 0.5) is 4.39 Å². The van der Waals surface area contributed by atoms with Crippen molar-refractivity contribution in [1.29, 1.82) is 0 Å². The fraction of sp³-hybridized carbons (Fsp3) is 1.00. The van der Waals surface area contributed by atoms with E-state index in [1.54, 1.807) is 0 Å². The van der Waals surface area contributed by atoms with Crippen molar-refractivity contribution in [3.63, 3.8) is 0 Å². The fourth-order valence-corrected chi connectivity index (χ4v) is 2.96. The van der Waals surface area contributed by atoms with Crippen molar-refractivity contribution in [2.24, 2.45) is 23.7 Å². The van der Waals surface area contributed by atoms with Gasteiger partial charge in [-0.05, 0) is 55.8 Å². The second-order valence-electron chi connectivity index (χ2n) is 6.09. The standard InChI is InChI=1S/C15H29FO/c1-4-11(2)9-15(16)12(3)14-7-5-13(10-17)6-8-14/h11-15,17H,4-10H2,1-3H3. The van der Waals surface area contributed by atoms with E-state index < -0.39 is 6.17 Å². The second kappa shape index (κ2) is 7.35. The van der Waals surface area contributed by atoms with Crippen LogP contribution < -0.4 is 0 Å². The molecule has 0 amide bonds. The zero-order valence-corrected chi connectivity index (χ0v) is 11.7. The molecule has 1 aliphatic carbocycles. The van der Waals surface area contributed by atoms with Gasteiger partial charge in [-0.25, -0.2) is 4.39 Å². The maximum absolute atomic E-state index is 14.1. The Hall–Kier alpha value is -0.110. The molecule has 0 aliphatic heterocycles. The van der Waals surface area contributed by atoms with E-state index in [1.807, 2.05) is 0 Å². The molecule has 1 nitrogen and oxygen atoms in total. The maximum Gasteiger partial charge on any atom is 0.103 e. The van der Waals surface area contributed by atoms with Gasteiger partial charge in [0.25, 0.3) is 0 Å². The average Bonchev–Trinajstić information content (AvgIpc) is 2.37. The Morgan fingerprint density at radius 1 is 1.18 bits per heavy atom. The van der Waals surface area contributed by atoms with Gasteiger partial charge in [0, 0.05) is 6.61 Å². The van der Waals surface area contributed by atoms with Gasteiger partial charge in [0.05, 0.1) is 0 Å². The minimum absolute atomic E-state index is 0.198. The van der Waals surface area contributed by atoms with E-state index in [1.165, 1.54) is 0 Å². The van der Waals surface area contributed by atoms with Gasteiger partial charge in [0.2, 0.25) is 0 Å². The lowest BCUT2D eigenvalue weighted by molar-refractivity contribution is 0.0967. The molecule has 3 unspecified atom stereocenters. The van der Waals surface area contributed by atoms with E-state index in [2.05, 4.69) is 20.8 Å². The Balaban J connectivity index is 2.34. The minimum atomic E-state index is -0.638. The summed E-state index contributed by atoms with van der Waals surface area (Å²) in [5.41, 5.74) is 0. The molecule has 1 N–H and O–H groups in total. The van der Waals surface area contributed by atoms with Crippen LogP contribution in [0, 0.1) is 23.7 Å². The summed E-state index contributed by atoms with van der Waals surface area (Å²) in [6.07, 6.45) is 5.53. The highest BCUT2D eigenvalue weighted by atomic mass is 19.1. The molecule has 2 heteroatoms. The van der Waals surface area contributed by atoms with Crippen LogP contribution in [0.15, 0.2) is 0 Å². The number of halogens is 1. The summed E-state index contributed by atoms with van der Waals surface area (Å²) in [4.78, 5) is 0. The van der Waals surface area contributed by atoms with E-state index in [4.69, 9.17) is 5.11 Å². The van der Waals surface area contributed by atoms with Crippen molar-refractivity contribution < 1.29 is 9.50 Å². The Kier molecular flexibility index (Phi) is 6.47. The third-order valence-electron chi connectivity index (χ3n) is 4.79. The van der Waals surface area contributed by atoms with Gasteiger partial charge < -0.3 is 5.11 Å². The van der Waals surface area contributed by atoms with Crippen LogP contribution in [0.3, 0.4) is 0 Å². The minimum Gasteiger partial charge on any atom is -0.396 e. The Bertz CT molecular complexity index is 199. The number of hydrogen-bond acceptors (Lipinski definition) is 1. The van der Waals surface area contributed by atoms with Crippen molar-refractivity contribution in [2.75, 3.05) is 6.61 Å². The fourth-order valence-electron chi connectivity index (χ4n) is 2.96. The molecule has 3 atom stereocenters. The van der Waals surface area contributed by atoms with Gasteiger partial charge in [0.15, 0.2) is 0 Å². The normalized spacial score (nSPS) is 30.9. The summed E-state index contributed by atoms with van der Waals surface area (Å²) in [6.45, 7) is 6.67. The molecular weight excluding hydrogens is 215 g/mol. The van der Waals surface area contributed by atoms with Gasteiger partial charge >= 0.3 is 0 Å². The van der Waals surface area contributed by atoms with Crippen LogP contribution in [0.5, 0.6) is 0 Å². The van der Waals surface area contributed by atoms with Crippen LogP contribution in [0.25, 0.3) is 0 Å². The highest BCUT2D eigenvalue weighted by Gasteiger charge is 2.30. The highest BCUT2D eigenvalue weighted by molar-refractivity contribution is 4.80. The predicted octanol–water partition coefficient (Wildman–Crippen LogP) is 4.20. The van der Waals surface area contributed by atoms with Crippen molar-refractivity contribution >= 4 is 0 Å². The molecule has 1 rings (SSSR count). The number of hydrogen-bond donors (Lipinski definition) is 1. The molecule has 0 aromatic carbocycles. The van der Waals surface area contributed by atoms with Gasteiger partial charge in [-0.2, -0.15) is 0 Å². The first kappa shape index (κ1) is 14.9. The molecule has 17 heavy (non-hydrogen) atoms. The quantitative estimate of drug-likeness (QED) is 0.742. The van der Waals surface area contributed by atoms with E-state index in [0.717, 1.165) is 38.5 Å². The SMILES string of the molecule is CCC(C)CC(F)C(C)C1CCC(CO)CC1. The molecule has 1 aliphatic rings. The Morgan fingerprint density at radius 3 is 2.24 bits per heavy atom. The lowest BCUT2D eigenvalue weighted by atomic mass is 9.74. The van der Waals surface area contributed by atoms with Crippen LogP contribution >= 0.6 is 0 Å². The third-order valence-corrected chi connectivity index (χ3v) is 4.79. The number of alkyl halides is 1. The molecule has 1 saturated carbocycles. The monoisotopic (exact) mass is 244 g/mol. The van der Waals surface area contributed by atoms with Gasteiger partial charge in [-0.15, -0.1) is 0 Å². The summed E-state index contributed by atoms with van der Waals surface area (Å²) in [5, 5.41) is 9.10. The van der Waals surface area contributed by atoms with Gasteiger partial charge in [-0.1, -0.05) is 27.2 Å². The van der Waals surface area contributed by atoms with Gasteiger partial charge in [-0.3, -0.25) is 0 Å². The van der Waals surface area contributed by atoms with Crippen molar-refractivity contribution in [3.05, 3.63) is 0 Å². The molecule has 0 heterocycles. The molecule has 1 fully saturated rings. The van der Waals surface area contributed by atoms with E-state index in [-0.39, 0.29) is 5.92 Å². The van der Waals surface area contributed by atoms with E-state index in [9.17, 15) is 4.39 Å². The smallest absolute Gasteiger partial charge is 0.103 e. The Labute approximate surface area is 106 Å². The first-order chi connectivity index (χ1) is 8.08. The van der Waals surface area contributed by atoms with Crippen LogP contribution in [0.2, 0.25) is 0 Å². The largest absolute Gasteiger partial charge is 0.396 e. The second-order valence-corrected chi connectivity index (χ2v) is 6.09. The summed E-state index contributed by atoms with van der Waals surface area (Å²) in [5.74, 6) is 1.72. The van der Waals surface area contributed by atoms with Crippen molar-refractivity contribution in [3.8, 4) is 0 Å². The lowest BCUT2D eigenvalue weighted by Gasteiger charge is -2.33. The predicted molar refractivity (Wildman–Crippen MR) is 70.7 cm³/mol. The van der Waals surface area contributed by atoms with Gasteiger partial charge in [0.1, 0.15) is 6.17 Å². The molecule has 0 bridgehead atoms.